The number of benzene rings is 1. The normalized spacial score (nSPS) is 12.0. The lowest BCUT2D eigenvalue weighted by Gasteiger charge is -2.16. The molecule has 0 saturated carbocycles. The Bertz CT molecular complexity index is 435. The van der Waals surface area contributed by atoms with Crippen molar-refractivity contribution >= 4 is 34.9 Å². The van der Waals surface area contributed by atoms with E-state index in [4.69, 9.17) is 28.3 Å². The number of aliphatic hydroxyl groups is 1. The van der Waals surface area contributed by atoms with Crippen LogP contribution in [0.2, 0.25) is 10.0 Å². The van der Waals surface area contributed by atoms with Crippen molar-refractivity contribution in [3.63, 3.8) is 0 Å². The second kappa shape index (κ2) is 9.06. The van der Waals surface area contributed by atoms with Gasteiger partial charge >= 0.3 is 6.03 Å². The number of hydrogen-bond donors (Lipinski definition) is 3. The van der Waals surface area contributed by atoms with Crippen molar-refractivity contribution in [3.8, 4) is 0 Å². The van der Waals surface area contributed by atoms with E-state index >= 15 is 0 Å². The quantitative estimate of drug-likeness (QED) is 0.713. The number of aliphatic hydroxyl groups excluding tert-OH is 1. The molecular weight excluding hydrogens is 299 g/mol. The van der Waals surface area contributed by atoms with Crippen molar-refractivity contribution in [1.29, 1.82) is 0 Å². The van der Waals surface area contributed by atoms with Crippen LogP contribution in [0.1, 0.15) is 26.2 Å². The van der Waals surface area contributed by atoms with Crippen molar-refractivity contribution in [1.82, 2.24) is 5.32 Å². The first-order valence-corrected chi connectivity index (χ1v) is 7.43. The van der Waals surface area contributed by atoms with Crippen LogP contribution in [-0.4, -0.2) is 24.3 Å². The van der Waals surface area contributed by atoms with Crippen molar-refractivity contribution in [2.24, 2.45) is 5.92 Å². The molecule has 0 heterocycles. The van der Waals surface area contributed by atoms with E-state index in [-0.39, 0.29) is 18.6 Å². The molecule has 6 heteroatoms. The Morgan fingerprint density at radius 3 is 2.75 bits per heavy atom. The maximum absolute atomic E-state index is 11.8. The first kappa shape index (κ1) is 17.1. The molecule has 0 radical (unpaired) electrons. The van der Waals surface area contributed by atoms with Crippen LogP contribution in [0, 0.1) is 5.92 Å². The fourth-order valence-corrected chi connectivity index (χ4v) is 2.27. The zero-order valence-electron chi connectivity index (χ0n) is 11.5. The Kier molecular flexibility index (Phi) is 7.73. The Labute approximate surface area is 129 Å². The molecule has 1 unspecified atom stereocenters. The molecule has 0 saturated heterocycles. The number of anilines is 1. The van der Waals surface area contributed by atoms with Crippen molar-refractivity contribution in [2.45, 2.75) is 26.2 Å². The largest absolute Gasteiger partial charge is 0.396 e. The fraction of sp³-hybridized carbons (Fsp3) is 0.500. The molecule has 0 spiro atoms. The zero-order chi connectivity index (χ0) is 15.0. The molecule has 20 heavy (non-hydrogen) atoms. The van der Waals surface area contributed by atoms with E-state index in [1.165, 1.54) is 0 Å². The lowest BCUT2D eigenvalue weighted by atomic mass is 10.0. The van der Waals surface area contributed by atoms with Crippen LogP contribution in [0.5, 0.6) is 0 Å². The highest BCUT2D eigenvalue weighted by atomic mass is 35.5. The highest BCUT2D eigenvalue weighted by molar-refractivity contribution is 6.35. The number of urea groups is 1. The second-order valence-electron chi connectivity index (χ2n) is 4.63. The van der Waals surface area contributed by atoms with Gasteiger partial charge in [-0.25, -0.2) is 4.79 Å². The summed E-state index contributed by atoms with van der Waals surface area (Å²) in [5, 5.41) is 15.4. The summed E-state index contributed by atoms with van der Waals surface area (Å²) < 4.78 is 0. The van der Waals surface area contributed by atoms with E-state index in [9.17, 15) is 4.79 Å². The predicted octanol–water partition coefficient (Wildman–Crippen LogP) is 3.91. The summed E-state index contributed by atoms with van der Waals surface area (Å²) in [6, 6.07) is 4.56. The van der Waals surface area contributed by atoms with Gasteiger partial charge in [0, 0.05) is 18.2 Å². The summed E-state index contributed by atoms with van der Waals surface area (Å²) in [6.45, 7) is 2.74. The maximum Gasteiger partial charge on any atom is 0.319 e. The van der Waals surface area contributed by atoms with Gasteiger partial charge in [-0.05, 0) is 37.0 Å². The smallest absolute Gasteiger partial charge is 0.319 e. The first-order chi connectivity index (χ1) is 9.56. The highest BCUT2D eigenvalue weighted by Crippen LogP contribution is 2.25. The first-order valence-electron chi connectivity index (χ1n) is 6.67. The van der Waals surface area contributed by atoms with Gasteiger partial charge in [0.1, 0.15) is 0 Å². The molecule has 0 fully saturated rings. The van der Waals surface area contributed by atoms with Gasteiger partial charge in [0.25, 0.3) is 0 Å². The van der Waals surface area contributed by atoms with Gasteiger partial charge in [-0.1, -0.05) is 36.5 Å². The van der Waals surface area contributed by atoms with E-state index < -0.39 is 0 Å². The summed E-state index contributed by atoms with van der Waals surface area (Å²) in [4.78, 5) is 11.8. The van der Waals surface area contributed by atoms with E-state index in [1.54, 1.807) is 18.2 Å². The van der Waals surface area contributed by atoms with Crippen LogP contribution in [0.4, 0.5) is 10.5 Å². The third-order valence-electron chi connectivity index (χ3n) is 2.96. The number of amides is 2. The van der Waals surface area contributed by atoms with Gasteiger partial charge in [0.2, 0.25) is 0 Å². The third kappa shape index (κ3) is 5.99. The Morgan fingerprint density at radius 1 is 1.35 bits per heavy atom. The average Bonchev–Trinajstić information content (AvgIpc) is 2.41. The lowest BCUT2D eigenvalue weighted by molar-refractivity contribution is 0.237. The molecule has 0 bridgehead atoms. The summed E-state index contributed by atoms with van der Waals surface area (Å²) in [6.07, 6.45) is 2.68. The maximum atomic E-state index is 11.8. The molecule has 4 nitrogen and oxygen atoms in total. The SMILES string of the molecule is CCCC(CCO)CNC(=O)Nc1cc(Cl)ccc1Cl. The number of rotatable bonds is 7. The van der Waals surface area contributed by atoms with Crippen LogP contribution < -0.4 is 10.6 Å². The molecule has 1 aromatic rings. The van der Waals surface area contributed by atoms with E-state index in [1.807, 2.05) is 0 Å². The minimum Gasteiger partial charge on any atom is -0.396 e. The predicted molar refractivity (Wildman–Crippen MR) is 83.6 cm³/mol. The third-order valence-corrected chi connectivity index (χ3v) is 3.53. The van der Waals surface area contributed by atoms with Gasteiger partial charge in [0.15, 0.2) is 0 Å². The van der Waals surface area contributed by atoms with Gasteiger partial charge in [0.05, 0.1) is 10.7 Å². The molecule has 0 aliphatic heterocycles. The van der Waals surface area contributed by atoms with Crippen LogP contribution >= 0.6 is 23.2 Å². The van der Waals surface area contributed by atoms with E-state index in [2.05, 4.69) is 17.6 Å². The molecule has 0 aromatic heterocycles. The molecule has 1 atom stereocenters. The monoisotopic (exact) mass is 318 g/mol. The van der Waals surface area contributed by atoms with Crippen LogP contribution in [0.25, 0.3) is 0 Å². The number of nitrogens with one attached hydrogen (secondary N) is 2. The minimum atomic E-state index is -0.326. The average molecular weight is 319 g/mol. The summed E-state index contributed by atoms with van der Waals surface area (Å²) >= 11 is 11.8. The highest BCUT2D eigenvalue weighted by Gasteiger charge is 2.10. The molecule has 2 amide bonds. The molecule has 1 rings (SSSR count). The lowest BCUT2D eigenvalue weighted by Crippen LogP contribution is -2.33. The van der Waals surface area contributed by atoms with Gasteiger partial charge in [-0.3, -0.25) is 0 Å². The van der Waals surface area contributed by atoms with Crippen LogP contribution in [-0.2, 0) is 0 Å². The molecule has 1 aromatic carbocycles. The fourth-order valence-electron chi connectivity index (χ4n) is 1.94. The van der Waals surface area contributed by atoms with Crippen LogP contribution in [0.3, 0.4) is 0 Å². The summed E-state index contributed by atoms with van der Waals surface area (Å²) in [5.41, 5.74) is 0.478. The van der Waals surface area contributed by atoms with Crippen molar-refractivity contribution in [2.75, 3.05) is 18.5 Å². The topological polar surface area (TPSA) is 61.4 Å². The Hall–Kier alpha value is -0.970. The van der Waals surface area contributed by atoms with E-state index in [0.717, 1.165) is 12.8 Å². The molecule has 0 aliphatic carbocycles. The van der Waals surface area contributed by atoms with Gasteiger partial charge in [-0.15, -0.1) is 0 Å². The van der Waals surface area contributed by atoms with Gasteiger partial charge < -0.3 is 15.7 Å². The van der Waals surface area contributed by atoms with E-state index in [0.29, 0.717) is 28.7 Å². The summed E-state index contributed by atoms with van der Waals surface area (Å²) in [7, 11) is 0. The number of halogens is 2. The molecule has 0 aliphatic rings. The van der Waals surface area contributed by atoms with Crippen molar-refractivity contribution in [3.05, 3.63) is 28.2 Å². The number of carbonyl (C=O) groups is 1. The molecule has 3 N–H and O–H groups in total. The molecule has 112 valence electrons. The zero-order valence-corrected chi connectivity index (χ0v) is 13.0. The number of hydrogen-bond acceptors (Lipinski definition) is 2. The minimum absolute atomic E-state index is 0.133. The van der Waals surface area contributed by atoms with Crippen molar-refractivity contribution < 1.29 is 9.90 Å². The Balaban J connectivity index is 2.48. The molecular formula is C14H20Cl2N2O2. The second-order valence-corrected chi connectivity index (χ2v) is 5.47. The van der Waals surface area contributed by atoms with Gasteiger partial charge in [-0.2, -0.15) is 0 Å². The van der Waals surface area contributed by atoms with Crippen LogP contribution in [0.15, 0.2) is 18.2 Å². The summed E-state index contributed by atoms with van der Waals surface area (Å²) in [5.74, 6) is 0.283. The Morgan fingerprint density at radius 2 is 2.10 bits per heavy atom. The number of carbonyl (C=O) groups excluding carboxylic acids is 1. The standard InChI is InChI=1S/C14H20Cl2N2O2/c1-2-3-10(6-7-19)9-17-14(20)18-13-8-11(15)4-5-12(13)16/h4-5,8,10,19H,2-3,6-7,9H2,1H3,(H2,17,18,20).